The van der Waals surface area contributed by atoms with Gasteiger partial charge in [-0.2, -0.15) is 0 Å². The monoisotopic (exact) mass is 296 g/mol. The molecule has 2 aliphatic rings. The fourth-order valence-corrected chi connectivity index (χ4v) is 4.72. The summed E-state index contributed by atoms with van der Waals surface area (Å²) in [6.07, 6.45) is 0.700. The molecule has 1 fully saturated rings. The van der Waals surface area contributed by atoms with Crippen LogP contribution in [0, 0.1) is 0 Å². The minimum absolute atomic E-state index is 0.0504. The third-order valence-electron chi connectivity index (χ3n) is 4.15. The lowest BCUT2D eigenvalue weighted by Gasteiger charge is -2.40. The summed E-state index contributed by atoms with van der Waals surface area (Å²) in [6, 6.07) is 7.52. The molecule has 2 N–H and O–H groups in total. The lowest BCUT2D eigenvalue weighted by atomic mass is 10.0. The number of fused-ring (bicyclic) bond motifs is 1. The van der Waals surface area contributed by atoms with E-state index in [1.54, 1.807) is 12.1 Å². The van der Waals surface area contributed by atoms with Gasteiger partial charge in [-0.1, -0.05) is 18.2 Å². The largest absolute Gasteiger partial charge is 0.374 e. The van der Waals surface area contributed by atoms with E-state index in [9.17, 15) is 8.42 Å². The van der Waals surface area contributed by atoms with Crippen LogP contribution >= 0.6 is 0 Å². The summed E-state index contributed by atoms with van der Waals surface area (Å²) in [5.74, 6) is 0.222. The topological polar surface area (TPSA) is 72.6 Å². The van der Waals surface area contributed by atoms with E-state index in [1.165, 1.54) is 0 Å². The Balaban J connectivity index is 1.92. The fourth-order valence-electron chi connectivity index (χ4n) is 3.12. The van der Waals surface area contributed by atoms with Gasteiger partial charge in [0.05, 0.1) is 23.4 Å². The molecule has 1 aromatic carbocycles. The zero-order valence-electron chi connectivity index (χ0n) is 11.4. The highest BCUT2D eigenvalue weighted by Crippen LogP contribution is 2.36. The molecule has 5 nitrogen and oxygen atoms in total. The van der Waals surface area contributed by atoms with E-state index >= 15 is 0 Å². The maximum absolute atomic E-state index is 12.2. The van der Waals surface area contributed by atoms with Gasteiger partial charge in [-0.3, -0.25) is 4.90 Å². The third kappa shape index (κ3) is 2.48. The Morgan fingerprint density at radius 3 is 2.95 bits per heavy atom. The van der Waals surface area contributed by atoms with Crippen LogP contribution in [0.2, 0.25) is 0 Å². The zero-order chi connectivity index (χ0) is 14.2. The number of hydrogen-bond acceptors (Lipinski definition) is 5. The SMILES string of the molecule is NCC1CN(C2CCS(=O)(=O)c3ccccc32)CCO1. The van der Waals surface area contributed by atoms with Crippen molar-refractivity contribution in [2.24, 2.45) is 5.73 Å². The van der Waals surface area contributed by atoms with Crippen molar-refractivity contribution in [3.8, 4) is 0 Å². The van der Waals surface area contributed by atoms with Crippen LogP contribution in [0.1, 0.15) is 18.0 Å². The summed E-state index contributed by atoms with van der Waals surface area (Å²) in [7, 11) is -3.12. The predicted octanol–water partition coefficient (Wildman–Crippen LogP) is 0.565. The van der Waals surface area contributed by atoms with Gasteiger partial charge in [0.15, 0.2) is 9.84 Å². The molecule has 0 bridgehead atoms. The van der Waals surface area contributed by atoms with Gasteiger partial charge in [-0.05, 0) is 18.1 Å². The van der Waals surface area contributed by atoms with Crippen LogP contribution in [0.25, 0.3) is 0 Å². The van der Waals surface area contributed by atoms with Gasteiger partial charge in [0.1, 0.15) is 0 Å². The second-order valence-corrected chi connectivity index (χ2v) is 7.46. The van der Waals surface area contributed by atoms with Crippen LogP contribution in [0.4, 0.5) is 0 Å². The number of sulfone groups is 1. The lowest BCUT2D eigenvalue weighted by Crippen LogP contribution is -2.48. The number of nitrogens with two attached hydrogens (primary N) is 1. The number of benzene rings is 1. The Morgan fingerprint density at radius 2 is 2.15 bits per heavy atom. The van der Waals surface area contributed by atoms with E-state index in [4.69, 9.17) is 10.5 Å². The highest BCUT2D eigenvalue weighted by molar-refractivity contribution is 7.91. The van der Waals surface area contributed by atoms with E-state index < -0.39 is 9.84 Å². The number of morpholine rings is 1. The standard InChI is InChI=1S/C14H20N2O3S/c15-9-11-10-16(6-7-19-11)13-5-8-20(17,18)14-4-2-1-3-12(13)14/h1-4,11,13H,5-10,15H2. The predicted molar refractivity (Wildman–Crippen MR) is 76.2 cm³/mol. The highest BCUT2D eigenvalue weighted by atomic mass is 32.2. The quantitative estimate of drug-likeness (QED) is 0.863. The van der Waals surface area contributed by atoms with E-state index in [2.05, 4.69) is 4.90 Å². The first-order chi connectivity index (χ1) is 9.62. The van der Waals surface area contributed by atoms with Crippen molar-refractivity contribution in [3.63, 3.8) is 0 Å². The minimum atomic E-state index is -3.12. The second kappa shape index (κ2) is 5.44. The maximum Gasteiger partial charge on any atom is 0.178 e. The van der Waals surface area contributed by atoms with Gasteiger partial charge in [-0.15, -0.1) is 0 Å². The van der Waals surface area contributed by atoms with Crippen molar-refractivity contribution in [2.75, 3.05) is 32.0 Å². The number of nitrogens with zero attached hydrogens (tertiary/aromatic N) is 1. The Morgan fingerprint density at radius 1 is 1.35 bits per heavy atom. The molecule has 2 aliphatic heterocycles. The lowest BCUT2D eigenvalue weighted by molar-refractivity contribution is -0.0401. The summed E-state index contributed by atoms with van der Waals surface area (Å²) >= 11 is 0. The molecule has 0 spiro atoms. The summed E-state index contributed by atoms with van der Waals surface area (Å²) in [6.45, 7) is 2.77. The molecule has 6 heteroatoms. The van der Waals surface area contributed by atoms with Crippen molar-refractivity contribution < 1.29 is 13.2 Å². The van der Waals surface area contributed by atoms with Gasteiger partial charge >= 0.3 is 0 Å². The molecular formula is C14H20N2O3S. The minimum Gasteiger partial charge on any atom is -0.374 e. The molecule has 110 valence electrons. The molecule has 0 aromatic heterocycles. The molecule has 2 atom stereocenters. The summed E-state index contributed by atoms with van der Waals surface area (Å²) in [5, 5.41) is 0. The normalized spacial score (nSPS) is 29.9. The average Bonchev–Trinajstić information content (AvgIpc) is 2.47. The average molecular weight is 296 g/mol. The highest BCUT2D eigenvalue weighted by Gasteiger charge is 2.35. The molecule has 1 saturated heterocycles. The Labute approximate surface area is 119 Å². The summed E-state index contributed by atoms with van der Waals surface area (Å²) in [4.78, 5) is 2.81. The molecule has 2 unspecified atom stereocenters. The van der Waals surface area contributed by atoms with Gasteiger partial charge in [0.2, 0.25) is 0 Å². The van der Waals surface area contributed by atoms with E-state index in [-0.39, 0.29) is 17.9 Å². The summed E-state index contributed by atoms with van der Waals surface area (Å²) < 4.78 is 29.9. The van der Waals surface area contributed by atoms with Crippen LogP contribution in [0.3, 0.4) is 0 Å². The van der Waals surface area contributed by atoms with Gasteiger partial charge in [0.25, 0.3) is 0 Å². The van der Waals surface area contributed by atoms with Crippen LogP contribution in [0.15, 0.2) is 29.2 Å². The molecule has 0 amide bonds. The Bertz CT molecular complexity index is 588. The van der Waals surface area contributed by atoms with E-state index in [0.717, 1.165) is 18.7 Å². The molecule has 2 heterocycles. The van der Waals surface area contributed by atoms with Crippen molar-refractivity contribution >= 4 is 9.84 Å². The Hall–Kier alpha value is -0.950. The van der Waals surface area contributed by atoms with Crippen LogP contribution in [-0.2, 0) is 14.6 Å². The molecular weight excluding hydrogens is 276 g/mol. The smallest absolute Gasteiger partial charge is 0.178 e. The second-order valence-electron chi connectivity index (χ2n) is 5.38. The van der Waals surface area contributed by atoms with Crippen molar-refractivity contribution in [1.82, 2.24) is 4.90 Å². The van der Waals surface area contributed by atoms with E-state index in [0.29, 0.717) is 24.5 Å². The molecule has 1 aromatic rings. The molecule has 0 aliphatic carbocycles. The van der Waals surface area contributed by atoms with Crippen molar-refractivity contribution in [1.29, 1.82) is 0 Å². The summed E-state index contributed by atoms with van der Waals surface area (Å²) in [5.41, 5.74) is 6.61. The number of hydrogen-bond donors (Lipinski definition) is 1. The number of ether oxygens (including phenoxy) is 1. The van der Waals surface area contributed by atoms with Gasteiger partial charge in [-0.25, -0.2) is 8.42 Å². The third-order valence-corrected chi connectivity index (χ3v) is 5.96. The van der Waals surface area contributed by atoms with Crippen molar-refractivity contribution in [2.45, 2.75) is 23.5 Å². The molecule has 20 heavy (non-hydrogen) atoms. The molecule has 0 saturated carbocycles. The molecule has 0 radical (unpaired) electrons. The van der Waals surface area contributed by atoms with Crippen LogP contribution in [0.5, 0.6) is 0 Å². The Kier molecular flexibility index (Phi) is 3.81. The number of rotatable bonds is 2. The maximum atomic E-state index is 12.2. The van der Waals surface area contributed by atoms with Crippen LogP contribution < -0.4 is 5.73 Å². The zero-order valence-corrected chi connectivity index (χ0v) is 12.2. The first-order valence-corrected chi connectivity index (χ1v) is 8.64. The van der Waals surface area contributed by atoms with Gasteiger partial charge < -0.3 is 10.5 Å². The fraction of sp³-hybridized carbons (Fsp3) is 0.571. The molecule has 3 rings (SSSR count). The first kappa shape index (κ1) is 14.0. The van der Waals surface area contributed by atoms with Gasteiger partial charge in [0, 0.05) is 25.7 Å². The van der Waals surface area contributed by atoms with Crippen LogP contribution in [-0.4, -0.2) is 51.4 Å². The van der Waals surface area contributed by atoms with Crippen molar-refractivity contribution in [3.05, 3.63) is 29.8 Å². The van der Waals surface area contributed by atoms with E-state index in [1.807, 2.05) is 12.1 Å². The first-order valence-electron chi connectivity index (χ1n) is 6.99.